The molecule has 1 heterocycles. The van der Waals surface area contributed by atoms with E-state index in [1.54, 1.807) is 6.07 Å². The van der Waals surface area contributed by atoms with Crippen molar-refractivity contribution in [2.75, 3.05) is 24.3 Å². The van der Waals surface area contributed by atoms with E-state index < -0.39 is 42.2 Å². The number of hydrogen-bond donors (Lipinski definition) is 3. The van der Waals surface area contributed by atoms with Crippen molar-refractivity contribution in [3.05, 3.63) is 71.9 Å². The Kier molecular flexibility index (Phi) is 8.10. The summed E-state index contributed by atoms with van der Waals surface area (Å²) >= 11 is 0. The molecule has 0 saturated heterocycles. The maximum absolute atomic E-state index is 13.3. The van der Waals surface area contributed by atoms with Crippen LogP contribution in [0, 0.1) is 0 Å². The molecule has 8 nitrogen and oxygen atoms in total. The first-order chi connectivity index (χ1) is 17.3. The van der Waals surface area contributed by atoms with Crippen LogP contribution >= 0.6 is 0 Å². The maximum atomic E-state index is 13.3. The average molecular weight is 528 g/mol. The zero-order valence-corrected chi connectivity index (χ0v) is 18.8. The molecule has 0 aliphatic heterocycles. The molecule has 14 heteroatoms. The number of nitrogens with one attached hydrogen (secondary N) is 3. The monoisotopic (exact) mass is 528 g/mol. The fraction of sp³-hybridized carbons (Fsp3) is 0.174. The van der Waals surface area contributed by atoms with Gasteiger partial charge in [-0.25, -0.2) is 9.78 Å². The van der Waals surface area contributed by atoms with Crippen LogP contribution in [0.1, 0.15) is 16.1 Å². The second-order valence-corrected chi connectivity index (χ2v) is 7.26. The molecule has 0 saturated carbocycles. The Morgan fingerprint density at radius 1 is 0.892 bits per heavy atom. The van der Waals surface area contributed by atoms with Crippen LogP contribution in [0.15, 0.2) is 60.7 Å². The van der Waals surface area contributed by atoms with Crippen LogP contribution in [-0.2, 0) is 6.18 Å². The van der Waals surface area contributed by atoms with Gasteiger partial charge in [0.15, 0.2) is 6.61 Å². The van der Waals surface area contributed by atoms with Gasteiger partial charge in [0.1, 0.15) is 17.2 Å². The van der Waals surface area contributed by atoms with Crippen LogP contribution in [0.25, 0.3) is 0 Å². The Morgan fingerprint density at radius 3 is 2.22 bits per heavy atom. The highest BCUT2D eigenvalue weighted by molar-refractivity contribution is 6.00. The number of amides is 3. The summed E-state index contributed by atoms with van der Waals surface area (Å²) in [7, 11) is 1.44. The molecule has 0 bridgehead atoms. The van der Waals surface area contributed by atoms with Crippen LogP contribution in [0.2, 0.25) is 0 Å². The number of urea groups is 1. The lowest BCUT2D eigenvalue weighted by molar-refractivity contribution is -0.158. The number of rotatable bonds is 7. The van der Waals surface area contributed by atoms with E-state index >= 15 is 0 Å². The van der Waals surface area contributed by atoms with Crippen molar-refractivity contribution in [2.45, 2.75) is 12.4 Å². The van der Waals surface area contributed by atoms with Gasteiger partial charge in [0.05, 0.1) is 5.56 Å². The lowest BCUT2D eigenvalue weighted by atomic mass is 10.1. The lowest BCUT2D eigenvalue weighted by Crippen LogP contribution is -2.22. The predicted octanol–water partition coefficient (Wildman–Crippen LogP) is 5.84. The summed E-state index contributed by atoms with van der Waals surface area (Å²) in [4.78, 5) is 28.1. The van der Waals surface area contributed by atoms with Crippen molar-refractivity contribution in [1.82, 2.24) is 10.3 Å². The number of anilines is 2. The number of alkyl halides is 6. The van der Waals surface area contributed by atoms with E-state index in [1.807, 2.05) is 0 Å². The molecule has 2 aromatic carbocycles. The van der Waals surface area contributed by atoms with Crippen molar-refractivity contribution in [3.63, 3.8) is 0 Å². The smallest absolute Gasteiger partial charge is 0.422 e. The normalized spacial score (nSPS) is 11.4. The molecular formula is C23H18F6N4O4. The molecular weight excluding hydrogens is 510 g/mol. The topological polar surface area (TPSA) is 102 Å². The van der Waals surface area contributed by atoms with Gasteiger partial charge in [-0.2, -0.15) is 26.3 Å². The minimum atomic E-state index is -5.04. The SMILES string of the molecule is CNC(=O)c1cccc(Oc2cccc(NC(=O)Nc3ccc(OCC(F)(F)F)c(C(F)(F)F)c3)c2)n1. The molecule has 0 radical (unpaired) electrons. The minimum absolute atomic E-state index is 0.0928. The highest BCUT2D eigenvalue weighted by atomic mass is 19.4. The molecule has 0 unspecified atom stereocenters. The first-order valence-electron chi connectivity index (χ1n) is 10.3. The molecule has 3 aromatic rings. The summed E-state index contributed by atoms with van der Waals surface area (Å²) in [6, 6.07) is 11.6. The first kappa shape index (κ1) is 27.1. The first-order valence-corrected chi connectivity index (χ1v) is 10.3. The zero-order chi connectivity index (χ0) is 27.2. The van der Waals surface area contributed by atoms with E-state index in [4.69, 9.17) is 4.74 Å². The molecule has 3 amide bonds. The molecule has 0 spiro atoms. The quantitative estimate of drug-likeness (QED) is 0.335. The Balaban J connectivity index is 1.69. The molecule has 0 atom stereocenters. The Labute approximate surface area is 205 Å². The van der Waals surface area contributed by atoms with E-state index in [0.29, 0.717) is 12.1 Å². The number of carbonyl (C=O) groups is 2. The van der Waals surface area contributed by atoms with Gasteiger partial charge >= 0.3 is 18.4 Å². The molecule has 3 rings (SSSR count). The number of carbonyl (C=O) groups excluding carboxylic acids is 2. The fourth-order valence-electron chi connectivity index (χ4n) is 2.89. The van der Waals surface area contributed by atoms with Crippen molar-refractivity contribution in [1.29, 1.82) is 0 Å². The van der Waals surface area contributed by atoms with E-state index in [2.05, 4.69) is 25.7 Å². The van der Waals surface area contributed by atoms with E-state index in [0.717, 1.165) is 6.07 Å². The number of hydrogen-bond acceptors (Lipinski definition) is 5. The fourth-order valence-corrected chi connectivity index (χ4v) is 2.89. The standard InChI is InChI=1S/C23H18F6N4O4/c1-30-20(34)17-6-3-7-19(33-17)37-15-5-2-4-13(10-15)31-21(35)32-14-8-9-18(36-12-22(24,25)26)16(11-14)23(27,28)29/h2-11H,12H2,1H3,(H,30,34)(H2,31,32,35). The highest BCUT2D eigenvalue weighted by Gasteiger charge is 2.36. The van der Waals surface area contributed by atoms with Gasteiger partial charge in [0.25, 0.3) is 5.91 Å². The van der Waals surface area contributed by atoms with Crippen LogP contribution < -0.4 is 25.4 Å². The van der Waals surface area contributed by atoms with Crippen LogP contribution in [-0.4, -0.2) is 36.8 Å². The van der Waals surface area contributed by atoms with Gasteiger partial charge in [0.2, 0.25) is 5.88 Å². The van der Waals surface area contributed by atoms with Crippen molar-refractivity contribution in [3.8, 4) is 17.4 Å². The number of ether oxygens (including phenoxy) is 2. The number of aromatic nitrogens is 1. The summed E-state index contributed by atoms with van der Waals surface area (Å²) in [5.74, 6) is -1.14. The Bertz CT molecular complexity index is 1280. The molecule has 196 valence electrons. The third-order valence-electron chi connectivity index (χ3n) is 4.43. The Hall–Kier alpha value is -4.49. The number of halogens is 6. The van der Waals surface area contributed by atoms with E-state index in [1.165, 1.54) is 43.4 Å². The van der Waals surface area contributed by atoms with Crippen LogP contribution in [0.3, 0.4) is 0 Å². The predicted molar refractivity (Wildman–Crippen MR) is 120 cm³/mol. The van der Waals surface area contributed by atoms with Gasteiger partial charge in [-0.15, -0.1) is 0 Å². The lowest BCUT2D eigenvalue weighted by Gasteiger charge is -2.17. The maximum Gasteiger partial charge on any atom is 0.422 e. The molecule has 3 N–H and O–H groups in total. The summed E-state index contributed by atoms with van der Waals surface area (Å²) in [5.41, 5.74) is -1.52. The van der Waals surface area contributed by atoms with E-state index in [9.17, 15) is 35.9 Å². The summed E-state index contributed by atoms with van der Waals surface area (Å²) in [6.45, 7) is -1.91. The van der Waals surface area contributed by atoms with Gasteiger partial charge in [0, 0.05) is 30.6 Å². The second-order valence-electron chi connectivity index (χ2n) is 7.26. The largest absolute Gasteiger partial charge is 0.483 e. The molecule has 0 aliphatic rings. The second kappa shape index (κ2) is 11.1. The van der Waals surface area contributed by atoms with Crippen LogP contribution in [0.5, 0.6) is 17.4 Å². The number of benzene rings is 2. The van der Waals surface area contributed by atoms with E-state index in [-0.39, 0.29) is 28.7 Å². The van der Waals surface area contributed by atoms with Crippen molar-refractivity contribution in [2.24, 2.45) is 0 Å². The van der Waals surface area contributed by atoms with Crippen LogP contribution in [0.4, 0.5) is 42.5 Å². The zero-order valence-electron chi connectivity index (χ0n) is 18.8. The summed E-state index contributed by atoms with van der Waals surface area (Å²) in [5, 5.41) is 6.99. The third-order valence-corrected chi connectivity index (χ3v) is 4.43. The summed E-state index contributed by atoms with van der Waals surface area (Å²) < 4.78 is 86.8. The average Bonchev–Trinajstić information content (AvgIpc) is 2.82. The van der Waals surface area contributed by atoms with Gasteiger partial charge < -0.3 is 25.4 Å². The third kappa shape index (κ3) is 8.02. The van der Waals surface area contributed by atoms with Gasteiger partial charge in [-0.1, -0.05) is 12.1 Å². The summed E-state index contributed by atoms with van der Waals surface area (Å²) in [6.07, 6.45) is -9.87. The van der Waals surface area contributed by atoms with Gasteiger partial charge in [-0.05, 0) is 36.4 Å². The van der Waals surface area contributed by atoms with Gasteiger partial charge in [-0.3, -0.25) is 4.79 Å². The molecule has 37 heavy (non-hydrogen) atoms. The van der Waals surface area contributed by atoms with Crippen molar-refractivity contribution >= 4 is 23.3 Å². The van der Waals surface area contributed by atoms with Crippen molar-refractivity contribution < 1.29 is 45.4 Å². The number of pyridine rings is 1. The number of nitrogens with zero attached hydrogens (tertiary/aromatic N) is 1. The minimum Gasteiger partial charge on any atom is -0.483 e. The molecule has 1 aromatic heterocycles. The molecule has 0 aliphatic carbocycles. The Morgan fingerprint density at radius 2 is 1.57 bits per heavy atom. The highest BCUT2D eigenvalue weighted by Crippen LogP contribution is 2.38. The molecule has 0 fully saturated rings.